The summed E-state index contributed by atoms with van der Waals surface area (Å²) in [5, 5.41) is 0.430. The van der Waals surface area contributed by atoms with E-state index in [4.69, 9.17) is 23.2 Å². The maximum Gasteiger partial charge on any atom is 0.260 e. The minimum atomic E-state index is -3.74. The first-order valence-electron chi connectivity index (χ1n) is 7.73. The van der Waals surface area contributed by atoms with Crippen LogP contribution in [0.2, 0.25) is 10.0 Å². The number of hydrogen-bond donors (Lipinski definition) is 1. The molecule has 1 saturated heterocycles. The number of sulfonamides is 1. The molecule has 7 nitrogen and oxygen atoms in total. The zero-order valence-corrected chi connectivity index (χ0v) is 15.8. The lowest BCUT2D eigenvalue weighted by Gasteiger charge is -2.33. The van der Waals surface area contributed by atoms with Gasteiger partial charge in [-0.25, -0.2) is 8.42 Å². The first kappa shape index (κ1) is 18.9. The number of hydrogen-bond acceptors (Lipinski definition) is 4. The summed E-state index contributed by atoms with van der Waals surface area (Å²) < 4.78 is 26.7. The van der Waals surface area contributed by atoms with Crippen molar-refractivity contribution in [3.8, 4) is 0 Å². The van der Waals surface area contributed by atoms with E-state index in [0.29, 0.717) is 0 Å². The predicted octanol–water partition coefficient (Wildman–Crippen LogP) is 1.83. The summed E-state index contributed by atoms with van der Waals surface area (Å²) >= 11 is 11.7. The molecule has 1 amide bonds. The average Bonchev–Trinajstić information content (AvgIpc) is 2.64. The fraction of sp³-hybridized carbons (Fsp3) is 0.250. The van der Waals surface area contributed by atoms with Gasteiger partial charge in [0.15, 0.2) is 0 Å². The summed E-state index contributed by atoms with van der Waals surface area (Å²) in [6.45, 7) is 0.625. The number of benzene rings is 1. The Kier molecular flexibility index (Phi) is 5.38. The molecule has 10 heteroatoms. The maximum absolute atomic E-state index is 12.7. The highest BCUT2D eigenvalue weighted by Gasteiger charge is 2.31. The number of halogens is 2. The molecule has 1 fully saturated rings. The third kappa shape index (κ3) is 3.64. The molecule has 138 valence electrons. The quantitative estimate of drug-likeness (QED) is 0.827. The summed E-state index contributed by atoms with van der Waals surface area (Å²) in [6.07, 6.45) is 1.45. The Morgan fingerprint density at radius 3 is 2.35 bits per heavy atom. The number of rotatable bonds is 3. The SMILES string of the molecule is O=C(c1ccc[nH]c1=O)N1CCN(S(=O)(=O)c2ccc(Cl)c(Cl)c2)CC1. The van der Waals surface area contributed by atoms with Gasteiger partial charge in [0.05, 0.1) is 14.9 Å². The van der Waals surface area contributed by atoms with Gasteiger partial charge in [0, 0.05) is 32.4 Å². The summed E-state index contributed by atoms with van der Waals surface area (Å²) in [7, 11) is -3.74. The van der Waals surface area contributed by atoms with Gasteiger partial charge >= 0.3 is 0 Å². The second kappa shape index (κ2) is 7.40. The molecule has 1 aliphatic rings. The molecular formula is C16H15Cl2N3O4S. The van der Waals surface area contributed by atoms with Crippen molar-refractivity contribution in [1.82, 2.24) is 14.2 Å². The van der Waals surface area contributed by atoms with Gasteiger partial charge in [0.2, 0.25) is 10.0 Å². The number of H-pyrrole nitrogens is 1. The second-order valence-electron chi connectivity index (χ2n) is 5.69. The molecule has 0 atom stereocenters. The molecule has 0 radical (unpaired) electrons. The van der Waals surface area contributed by atoms with Gasteiger partial charge in [0.1, 0.15) is 5.56 Å². The van der Waals surface area contributed by atoms with Crippen LogP contribution in [0.3, 0.4) is 0 Å². The van der Waals surface area contributed by atoms with E-state index < -0.39 is 21.5 Å². The van der Waals surface area contributed by atoms with Crippen LogP contribution < -0.4 is 5.56 Å². The molecule has 0 spiro atoms. The van der Waals surface area contributed by atoms with E-state index in [9.17, 15) is 18.0 Å². The van der Waals surface area contributed by atoms with Crippen LogP contribution in [0.25, 0.3) is 0 Å². The maximum atomic E-state index is 12.7. The Bertz CT molecular complexity index is 999. The number of nitrogens with zero attached hydrogens (tertiary/aromatic N) is 2. The molecule has 26 heavy (non-hydrogen) atoms. The highest BCUT2D eigenvalue weighted by molar-refractivity contribution is 7.89. The zero-order valence-electron chi connectivity index (χ0n) is 13.5. The van der Waals surface area contributed by atoms with Gasteiger partial charge in [-0.15, -0.1) is 0 Å². The Hall–Kier alpha value is -1.87. The Labute approximate surface area is 160 Å². The normalized spacial score (nSPS) is 15.8. The van der Waals surface area contributed by atoms with Crippen molar-refractivity contribution in [2.45, 2.75) is 4.90 Å². The number of aromatic amines is 1. The summed E-state index contributed by atoms with van der Waals surface area (Å²) in [6, 6.07) is 7.14. The molecule has 0 unspecified atom stereocenters. The van der Waals surface area contributed by atoms with Gasteiger partial charge in [-0.1, -0.05) is 23.2 Å². The fourth-order valence-electron chi connectivity index (χ4n) is 2.68. The van der Waals surface area contributed by atoms with Crippen molar-refractivity contribution in [3.05, 3.63) is 62.5 Å². The number of aromatic nitrogens is 1. The third-order valence-corrected chi connectivity index (χ3v) is 6.74. The largest absolute Gasteiger partial charge is 0.336 e. The van der Waals surface area contributed by atoms with E-state index in [-0.39, 0.29) is 46.7 Å². The molecule has 1 aliphatic heterocycles. The first-order chi connectivity index (χ1) is 12.3. The van der Waals surface area contributed by atoms with Crippen molar-refractivity contribution in [3.63, 3.8) is 0 Å². The van der Waals surface area contributed by atoms with Crippen LogP contribution in [-0.4, -0.2) is 54.7 Å². The van der Waals surface area contributed by atoms with E-state index in [2.05, 4.69) is 4.98 Å². The monoisotopic (exact) mass is 415 g/mol. The van der Waals surface area contributed by atoms with Crippen LogP contribution in [0.15, 0.2) is 46.2 Å². The fourth-order valence-corrected chi connectivity index (χ4v) is 4.49. The average molecular weight is 416 g/mol. The number of nitrogens with one attached hydrogen (secondary N) is 1. The number of amides is 1. The Balaban J connectivity index is 1.73. The van der Waals surface area contributed by atoms with Crippen LogP contribution >= 0.6 is 23.2 Å². The molecule has 1 aromatic carbocycles. The van der Waals surface area contributed by atoms with E-state index in [1.165, 1.54) is 39.7 Å². The number of piperazine rings is 1. The summed E-state index contributed by atoms with van der Waals surface area (Å²) in [5.41, 5.74) is -0.434. The highest BCUT2D eigenvalue weighted by atomic mass is 35.5. The standard InChI is InChI=1S/C16H15Cl2N3O4S/c17-13-4-3-11(10-14(13)18)26(24,25)21-8-6-20(7-9-21)16(23)12-2-1-5-19-15(12)22/h1-5,10H,6-9H2,(H,19,22). The van der Waals surface area contributed by atoms with E-state index in [0.717, 1.165) is 0 Å². The number of carbonyl (C=O) groups is 1. The van der Waals surface area contributed by atoms with Gasteiger partial charge in [-0.2, -0.15) is 4.31 Å². The van der Waals surface area contributed by atoms with Crippen molar-refractivity contribution in [1.29, 1.82) is 0 Å². The van der Waals surface area contributed by atoms with Crippen molar-refractivity contribution in [2.24, 2.45) is 0 Å². The van der Waals surface area contributed by atoms with Gasteiger partial charge < -0.3 is 9.88 Å². The van der Waals surface area contributed by atoms with Crippen molar-refractivity contribution in [2.75, 3.05) is 26.2 Å². The third-order valence-electron chi connectivity index (χ3n) is 4.10. The molecule has 0 saturated carbocycles. The zero-order chi connectivity index (χ0) is 18.9. The van der Waals surface area contributed by atoms with Crippen LogP contribution in [0.5, 0.6) is 0 Å². The topological polar surface area (TPSA) is 90.6 Å². The van der Waals surface area contributed by atoms with Crippen molar-refractivity contribution < 1.29 is 13.2 Å². The van der Waals surface area contributed by atoms with Gasteiger partial charge in [-0.3, -0.25) is 9.59 Å². The number of pyridine rings is 1. The second-order valence-corrected chi connectivity index (χ2v) is 8.44. The number of carbonyl (C=O) groups excluding carboxylic acids is 1. The lowest BCUT2D eigenvalue weighted by atomic mass is 10.2. The van der Waals surface area contributed by atoms with E-state index in [1.807, 2.05) is 0 Å². The summed E-state index contributed by atoms with van der Waals surface area (Å²) in [5.74, 6) is -0.418. The molecule has 0 bridgehead atoms. The molecular weight excluding hydrogens is 401 g/mol. The van der Waals surface area contributed by atoms with Gasteiger partial charge in [0.25, 0.3) is 11.5 Å². The van der Waals surface area contributed by atoms with Crippen LogP contribution in [0.1, 0.15) is 10.4 Å². The molecule has 3 rings (SSSR count). The summed E-state index contributed by atoms with van der Waals surface area (Å²) in [4.78, 5) is 28.1. The van der Waals surface area contributed by atoms with Crippen LogP contribution in [0, 0.1) is 0 Å². The Morgan fingerprint density at radius 1 is 1.04 bits per heavy atom. The minimum Gasteiger partial charge on any atom is -0.336 e. The van der Waals surface area contributed by atoms with Crippen LogP contribution in [0.4, 0.5) is 0 Å². The van der Waals surface area contributed by atoms with Gasteiger partial charge in [-0.05, 0) is 30.3 Å². The van der Waals surface area contributed by atoms with E-state index in [1.54, 1.807) is 6.07 Å². The predicted molar refractivity (Wildman–Crippen MR) is 98.2 cm³/mol. The van der Waals surface area contributed by atoms with E-state index >= 15 is 0 Å². The molecule has 2 aromatic rings. The lowest BCUT2D eigenvalue weighted by molar-refractivity contribution is 0.0696. The highest BCUT2D eigenvalue weighted by Crippen LogP contribution is 2.27. The first-order valence-corrected chi connectivity index (χ1v) is 9.92. The Morgan fingerprint density at radius 2 is 1.73 bits per heavy atom. The minimum absolute atomic E-state index is 0.0355. The molecule has 2 heterocycles. The lowest BCUT2D eigenvalue weighted by Crippen LogP contribution is -2.51. The van der Waals surface area contributed by atoms with Crippen molar-refractivity contribution >= 4 is 39.1 Å². The molecule has 1 N–H and O–H groups in total. The smallest absolute Gasteiger partial charge is 0.260 e. The molecule has 1 aromatic heterocycles. The van der Waals surface area contributed by atoms with Crippen LogP contribution in [-0.2, 0) is 10.0 Å². The molecule has 0 aliphatic carbocycles.